The predicted molar refractivity (Wildman–Crippen MR) is 80.2 cm³/mol. The standard InChI is InChI=1S/C17H24O6/c1-9-11-4-6-16(3)12(19)5-7-17(21,8-22-10(2)18)14(16)13(11)23-15(9)20/h11-14,19,21H,1,4-8H2,2-3H3/t11-,12-,13-,14+,16-,17+/m0/s1. The Labute approximate surface area is 135 Å². The van der Waals surface area contributed by atoms with Gasteiger partial charge in [-0.2, -0.15) is 0 Å². The quantitative estimate of drug-likeness (QED) is 0.580. The van der Waals surface area contributed by atoms with Crippen LogP contribution in [-0.2, 0) is 19.1 Å². The van der Waals surface area contributed by atoms with Crippen molar-refractivity contribution < 1.29 is 29.3 Å². The first-order chi connectivity index (χ1) is 10.7. The van der Waals surface area contributed by atoms with Crippen LogP contribution in [0.15, 0.2) is 12.2 Å². The van der Waals surface area contributed by atoms with E-state index in [1.807, 2.05) is 6.92 Å². The highest BCUT2D eigenvalue weighted by atomic mass is 16.6. The third-order valence-corrected chi connectivity index (χ3v) is 6.10. The van der Waals surface area contributed by atoms with Crippen molar-refractivity contribution in [1.29, 1.82) is 0 Å². The van der Waals surface area contributed by atoms with E-state index in [2.05, 4.69) is 6.58 Å². The van der Waals surface area contributed by atoms with Crippen molar-refractivity contribution in [2.45, 2.75) is 57.3 Å². The molecule has 0 aromatic rings. The smallest absolute Gasteiger partial charge is 0.334 e. The first-order valence-corrected chi connectivity index (χ1v) is 8.12. The van der Waals surface area contributed by atoms with Gasteiger partial charge in [0.1, 0.15) is 18.3 Å². The lowest BCUT2D eigenvalue weighted by Gasteiger charge is -2.57. The molecular weight excluding hydrogens is 300 g/mol. The molecule has 2 aliphatic carbocycles. The van der Waals surface area contributed by atoms with Gasteiger partial charge < -0.3 is 19.7 Å². The topological polar surface area (TPSA) is 93.1 Å². The maximum absolute atomic E-state index is 11.9. The summed E-state index contributed by atoms with van der Waals surface area (Å²) in [7, 11) is 0. The van der Waals surface area contributed by atoms with E-state index < -0.39 is 41.1 Å². The Hall–Kier alpha value is -1.40. The Balaban J connectivity index is 1.98. The predicted octanol–water partition coefficient (Wildman–Crippen LogP) is 0.949. The Kier molecular flexibility index (Phi) is 3.80. The normalized spacial score (nSPS) is 45.9. The third-order valence-electron chi connectivity index (χ3n) is 6.10. The second-order valence-corrected chi connectivity index (χ2v) is 7.46. The lowest BCUT2D eigenvalue weighted by Crippen LogP contribution is -2.64. The molecule has 1 heterocycles. The van der Waals surface area contributed by atoms with Crippen LogP contribution in [0.3, 0.4) is 0 Å². The van der Waals surface area contributed by atoms with E-state index in [9.17, 15) is 19.8 Å². The van der Waals surface area contributed by atoms with E-state index in [0.717, 1.165) is 0 Å². The molecule has 128 valence electrons. The van der Waals surface area contributed by atoms with Gasteiger partial charge >= 0.3 is 11.9 Å². The van der Waals surface area contributed by atoms with E-state index in [1.165, 1.54) is 6.92 Å². The van der Waals surface area contributed by atoms with Gasteiger partial charge in [-0.1, -0.05) is 13.5 Å². The molecule has 0 aromatic carbocycles. The molecule has 2 saturated carbocycles. The molecule has 3 fully saturated rings. The van der Waals surface area contributed by atoms with Gasteiger partial charge in [0.05, 0.1) is 6.10 Å². The molecule has 0 bridgehead atoms. The Bertz CT molecular complexity index is 557. The van der Waals surface area contributed by atoms with Gasteiger partial charge in [-0.25, -0.2) is 4.79 Å². The number of carbonyl (C=O) groups excluding carboxylic acids is 2. The van der Waals surface area contributed by atoms with Gasteiger partial charge in [0, 0.05) is 29.7 Å². The fraction of sp³-hybridized carbons (Fsp3) is 0.765. The SMILES string of the molecule is C=C1C(=O)O[C@H]2[C@H]1CC[C@@]1(C)[C@@H](O)CC[C@@](O)(COC(C)=O)[C@H]21. The van der Waals surface area contributed by atoms with E-state index in [4.69, 9.17) is 9.47 Å². The molecule has 1 saturated heterocycles. The first kappa shape index (κ1) is 16.5. The van der Waals surface area contributed by atoms with Gasteiger partial charge in [0.25, 0.3) is 0 Å². The van der Waals surface area contributed by atoms with E-state index in [0.29, 0.717) is 31.3 Å². The fourth-order valence-corrected chi connectivity index (χ4v) is 4.82. The zero-order valence-corrected chi connectivity index (χ0v) is 13.6. The summed E-state index contributed by atoms with van der Waals surface area (Å²) in [4.78, 5) is 23.1. The molecule has 0 spiro atoms. The number of carbonyl (C=O) groups is 2. The zero-order chi connectivity index (χ0) is 17.0. The number of esters is 2. The molecular formula is C17H24O6. The van der Waals surface area contributed by atoms with Crippen LogP contribution in [0.1, 0.15) is 39.5 Å². The molecule has 1 aliphatic heterocycles. The average Bonchev–Trinajstić information content (AvgIpc) is 2.76. The lowest BCUT2D eigenvalue weighted by molar-refractivity contribution is -0.231. The third kappa shape index (κ3) is 2.39. The monoisotopic (exact) mass is 324 g/mol. The van der Waals surface area contributed by atoms with Crippen LogP contribution in [-0.4, -0.2) is 46.6 Å². The summed E-state index contributed by atoms with van der Waals surface area (Å²) >= 11 is 0. The summed E-state index contributed by atoms with van der Waals surface area (Å²) in [6.07, 6.45) is 0.982. The molecule has 3 aliphatic rings. The van der Waals surface area contributed by atoms with Crippen LogP contribution < -0.4 is 0 Å². The van der Waals surface area contributed by atoms with Gasteiger partial charge in [0.2, 0.25) is 0 Å². The van der Waals surface area contributed by atoms with Crippen LogP contribution in [0, 0.1) is 17.3 Å². The van der Waals surface area contributed by atoms with E-state index >= 15 is 0 Å². The molecule has 0 unspecified atom stereocenters. The van der Waals surface area contributed by atoms with Crippen molar-refractivity contribution in [2.24, 2.45) is 17.3 Å². The van der Waals surface area contributed by atoms with Crippen LogP contribution in [0.25, 0.3) is 0 Å². The largest absolute Gasteiger partial charge is 0.463 e. The number of fused-ring (bicyclic) bond motifs is 3. The molecule has 0 amide bonds. The highest BCUT2D eigenvalue weighted by Gasteiger charge is 2.64. The maximum atomic E-state index is 11.9. The van der Waals surface area contributed by atoms with Crippen LogP contribution >= 0.6 is 0 Å². The number of ether oxygens (including phenoxy) is 2. The molecule has 2 N–H and O–H groups in total. The number of rotatable bonds is 2. The Morgan fingerprint density at radius 1 is 1.43 bits per heavy atom. The van der Waals surface area contributed by atoms with Crippen molar-refractivity contribution in [3.63, 3.8) is 0 Å². The Morgan fingerprint density at radius 3 is 2.78 bits per heavy atom. The second kappa shape index (κ2) is 5.31. The summed E-state index contributed by atoms with van der Waals surface area (Å²) in [5.74, 6) is -1.53. The lowest BCUT2D eigenvalue weighted by atomic mass is 9.51. The number of hydrogen-bond donors (Lipinski definition) is 2. The number of aliphatic hydroxyl groups is 2. The highest BCUT2D eigenvalue weighted by molar-refractivity contribution is 5.91. The minimum absolute atomic E-state index is 0.144. The molecule has 23 heavy (non-hydrogen) atoms. The summed E-state index contributed by atoms with van der Waals surface area (Å²) in [6.45, 7) is 6.88. The molecule has 0 aromatic heterocycles. The zero-order valence-electron chi connectivity index (χ0n) is 13.6. The number of hydrogen-bond acceptors (Lipinski definition) is 6. The summed E-state index contributed by atoms with van der Waals surface area (Å²) < 4.78 is 10.6. The minimum Gasteiger partial charge on any atom is -0.463 e. The Morgan fingerprint density at radius 2 is 2.13 bits per heavy atom. The minimum atomic E-state index is -1.31. The van der Waals surface area contributed by atoms with Gasteiger partial charge in [-0.15, -0.1) is 0 Å². The summed E-state index contributed by atoms with van der Waals surface area (Å²) in [5.41, 5.74) is -1.46. The average molecular weight is 324 g/mol. The second-order valence-electron chi connectivity index (χ2n) is 7.46. The van der Waals surface area contributed by atoms with Crippen molar-refractivity contribution in [1.82, 2.24) is 0 Å². The molecule has 0 radical (unpaired) electrons. The molecule has 6 atom stereocenters. The van der Waals surface area contributed by atoms with Gasteiger partial charge in [0.15, 0.2) is 0 Å². The maximum Gasteiger partial charge on any atom is 0.334 e. The summed E-state index contributed by atoms with van der Waals surface area (Å²) in [6, 6.07) is 0. The van der Waals surface area contributed by atoms with E-state index in [1.54, 1.807) is 0 Å². The summed E-state index contributed by atoms with van der Waals surface area (Å²) in [5, 5.41) is 21.8. The molecule has 6 nitrogen and oxygen atoms in total. The van der Waals surface area contributed by atoms with Crippen molar-refractivity contribution >= 4 is 11.9 Å². The van der Waals surface area contributed by atoms with Gasteiger partial charge in [-0.3, -0.25) is 4.79 Å². The van der Waals surface area contributed by atoms with Crippen molar-refractivity contribution in [2.75, 3.05) is 6.61 Å². The van der Waals surface area contributed by atoms with Crippen LogP contribution in [0.5, 0.6) is 0 Å². The van der Waals surface area contributed by atoms with E-state index in [-0.39, 0.29) is 12.5 Å². The highest BCUT2D eigenvalue weighted by Crippen LogP contribution is 2.58. The first-order valence-electron chi connectivity index (χ1n) is 8.12. The van der Waals surface area contributed by atoms with Crippen LogP contribution in [0.4, 0.5) is 0 Å². The fourth-order valence-electron chi connectivity index (χ4n) is 4.82. The molecule has 6 heteroatoms. The van der Waals surface area contributed by atoms with Crippen molar-refractivity contribution in [3.05, 3.63) is 12.2 Å². The molecule has 3 rings (SSSR count). The number of aliphatic hydroxyl groups excluding tert-OH is 1. The van der Waals surface area contributed by atoms with Crippen LogP contribution in [0.2, 0.25) is 0 Å². The van der Waals surface area contributed by atoms with Crippen molar-refractivity contribution in [3.8, 4) is 0 Å². The van der Waals surface area contributed by atoms with Gasteiger partial charge in [-0.05, 0) is 25.7 Å².